The molecule has 0 spiro atoms. The number of nitriles is 1. The number of halogens is 3. The summed E-state index contributed by atoms with van der Waals surface area (Å²) in [4.78, 5) is 0. The Balaban J connectivity index is 1.88. The van der Waals surface area contributed by atoms with E-state index in [-0.39, 0.29) is 11.1 Å². The monoisotopic (exact) mass is 335 g/mol. The molecule has 24 heavy (non-hydrogen) atoms. The van der Waals surface area contributed by atoms with E-state index in [0.29, 0.717) is 31.2 Å². The van der Waals surface area contributed by atoms with E-state index in [4.69, 9.17) is 10.00 Å². The van der Waals surface area contributed by atoms with Gasteiger partial charge in [-0.1, -0.05) is 6.07 Å². The summed E-state index contributed by atoms with van der Waals surface area (Å²) in [6.45, 7) is 2.10. The summed E-state index contributed by atoms with van der Waals surface area (Å²) in [6.07, 6.45) is 0.409. The molecule has 1 aromatic carbocycles. The van der Waals surface area contributed by atoms with E-state index < -0.39 is 11.7 Å². The molecule has 1 fully saturated rings. The van der Waals surface area contributed by atoms with Crippen molar-refractivity contribution in [2.24, 2.45) is 5.92 Å². The smallest absolute Gasteiger partial charge is 0.381 e. The van der Waals surface area contributed by atoms with E-state index in [1.54, 1.807) is 16.9 Å². The van der Waals surface area contributed by atoms with E-state index in [9.17, 15) is 13.2 Å². The second-order valence-electron chi connectivity index (χ2n) is 5.88. The minimum atomic E-state index is -4.52. The van der Waals surface area contributed by atoms with E-state index in [1.807, 2.05) is 0 Å². The number of benzene rings is 1. The highest BCUT2D eigenvalue weighted by Crippen LogP contribution is 2.37. The van der Waals surface area contributed by atoms with Gasteiger partial charge < -0.3 is 4.74 Å². The van der Waals surface area contributed by atoms with Crippen LogP contribution in [0.5, 0.6) is 0 Å². The molecule has 7 heteroatoms. The molecule has 1 saturated heterocycles. The van der Waals surface area contributed by atoms with Crippen LogP contribution < -0.4 is 0 Å². The van der Waals surface area contributed by atoms with Gasteiger partial charge in [0.25, 0.3) is 0 Å². The van der Waals surface area contributed by atoms with Crippen molar-refractivity contribution in [3.63, 3.8) is 0 Å². The van der Waals surface area contributed by atoms with Crippen LogP contribution in [0.25, 0.3) is 11.1 Å². The maximum Gasteiger partial charge on any atom is 0.417 e. The predicted octanol–water partition coefficient (Wildman–Crippen LogP) is 3.87. The fourth-order valence-corrected chi connectivity index (χ4v) is 2.90. The normalized spacial score (nSPS) is 16.1. The first kappa shape index (κ1) is 16.5. The molecule has 0 radical (unpaired) electrons. The third-order valence-electron chi connectivity index (χ3n) is 4.18. The van der Waals surface area contributed by atoms with Crippen molar-refractivity contribution in [2.45, 2.75) is 25.6 Å². The molecule has 3 rings (SSSR count). The average Bonchev–Trinajstić information content (AvgIpc) is 3.03. The van der Waals surface area contributed by atoms with Crippen molar-refractivity contribution < 1.29 is 17.9 Å². The highest BCUT2D eigenvalue weighted by Gasteiger charge is 2.34. The van der Waals surface area contributed by atoms with Crippen molar-refractivity contribution in [3.05, 3.63) is 41.7 Å². The Labute approximate surface area is 137 Å². The molecular weight excluding hydrogens is 319 g/mol. The fraction of sp³-hybridized carbons (Fsp3) is 0.412. The van der Waals surface area contributed by atoms with Gasteiger partial charge in [0.1, 0.15) is 0 Å². The van der Waals surface area contributed by atoms with Gasteiger partial charge in [0, 0.05) is 31.5 Å². The summed E-state index contributed by atoms with van der Waals surface area (Å²) in [7, 11) is 0. The summed E-state index contributed by atoms with van der Waals surface area (Å²) >= 11 is 0. The first-order valence-corrected chi connectivity index (χ1v) is 7.69. The first-order chi connectivity index (χ1) is 11.5. The zero-order valence-corrected chi connectivity index (χ0v) is 12.9. The van der Waals surface area contributed by atoms with Crippen LogP contribution >= 0.6 is 0 Å². The molecule has 0 unspecified atom stereocenters. The molecule has 1 aromatic heterocycles. The molecule has 126 valence electrons. The SMILES string of the molecule is N#Cc1ccc(-c2cnn(CC3CCOCC3)c2)c(C(F)(F)F)c1. The maximum absolute atomic E-state index is 13.3. The highest BCUT2D eigenvalue weighted by molar-refractivity contribution is 5.68. The van der Waals surface area contributed by atoms with Crippen molar-refractivity contribution in [2.75, 3.05) is 13.2 Å². The van der Waals surface area contributed by atoms with E-state index in [0.717, 1.165) is 18.9 Å². The van der Waals surface area contributed by atoms with Crippen LogP contribution in [0, 0.1) is 17.2 Å². The van der Waals surface area contributed by atoms with Crippen molar-refractivity contribution in [1.82, 2.24) is 9.78 Å². The van der Waals surface area contributed by atoms with Crippen LogP contribution in [-0.2, 0) is 17.5 Å². The summed E-state index contributed by atoms with van der Waals surface area (Å²) < 4.78 is 46.8. The van der Waals surface area contributed by atoms with Crippen LogP contribution in [0.2, 0.25) is 0 Å². The number of hydrogen-bond acceptors (Lipinski definition) is 3. The second kappa shape index (κ2) is 6.65. The Morgan fingerprint density at radius 1 is 1.29 bits per heavy atom. The number of hydrogen-bond donors (Lipinski definition) is 0. The Morgan fingerprint density at radius 2 is 2.04 bits per heavy atom. The molecule has 0 aliphatic carbocycles. The molecule has 0 amide bonds. The van der Waals surface area contributed by atoms with Gasteiger partial charge in [-0.3, -0.25) is 4.68 Å². The van der Waals surface area contributed by atoms with Gasteiger partial charge in [-0.25, -0.2) is 0 Å². The largest absolute Gasteiger partial charge is 0.417 e. The maximum atomic E-state index is 13.3. The van der Waals surface area contributed by atoms with E-state index in [2.05, 4.69) is 5.10 Å². The molecule has 4 nitrogen and oxygen atoms in total. The zero-order valence-electron chi connectivity index (χ0n) is 12.9. The van der Waals surface area contributed by atoms with Crippen molar-refractivity contribution in [3.8, 4) is 17.2 Å². The Hall–Kier alpha value is -2.33. The van der Waals surface area contributed by atoms with Gasteiger partial charge in [-0.15, -0.1) is 0 Å². The van der Waals surface area contributed by atoms with Crippen LogP contribution in [0.4, 0.5) is 13.2 Å². The topological polar surface area (TPSA) is 50.8 Å². The number of alkyl halides is 3. The van der Waals surface area contributed by atoms with Crippen molar-refractivity contribution >= 4 is 0 Å². The van der Waals surface area contributed by atoms with Crippen LogP contribution in [0.3, 0.4) is 0 Å². The summed E-state index contributed by atoms with van der Waals surface area (Å²) in [6, 6.07) is 5.34. The van der Waals surface area contributed by atoms with Crippen LogP contribution in [0.1, 0.15) is 24.0 Å². The Kier molecular flexibility index (Phi) is 4.58. The van der Waals surface area contributed by atoms with Gasteiger partial charge in [0.2, 0.25) is 0 Å². The lowest BCUT2D eigenvalue weighted by Crippen LogP contribution is -2.20. The molecule has 2 aromatic rings. The first-order valence-electron chi connectivity index (χ1n) is 7.69. The van der Waals surface area contributed by atoms with Gasteiger partial charge in [-0.2, -0.15) is 23.5 Å². The molecular formula is C17H16F3N3O. The third kappa shape index (κ3) is 3.60. The van der Waals surface area contributed by atoms with Crippen LogP contribution in [-0.4, -0.2) is 23.0 Å². The molecule has 1 aliphatic heterocycles. The molecule has 0 atom stereocenters. The molecule has 0 N–H and O–H groups in total. The number of ether oxygens (including phenoxy) is 1. The third-order valence-corrected chi connectivity index (χ3v) is 4.18. The Morgan fingerprint density at radius 3 is 2.71 bits per heavy atom. The lowest BCUT2D eigenvalue weighted by molar-refractivity contribution is -0.137. The molecule has 1 aliphatic rings. The predicted molar refractivity (Wildman–Crippen MR) is 80.9 cm³/mol. The summed E-state index contributed by atoms with van der Waals surface area (Å²) in [5.74, 6) is 0.426. The highest BCUT2D eigenvalue weighted by atomic mass is 19.4. The fourth-order valence-electron chi connectivity index (χ4n) is 2.90. The number of nitrogens with zero attached hydrogens (tertiary/aromatic N) is 3. The summed E-state index contributed by atoms with van der Waals surface area (Å²) in [5, 5.41) is 13.0. The van der Waals surface area contributed by atoms with Crippen LogP contribution in [0.15, 0.2) is 30.6 Å². The van der Waals surface area contributed by atoms with Gasteiger partial charge in [0.15, 0.2) is 0 Å². The number of rotatable bonds is 3. The molecule has 2 heterocycles. The second-order valence-corrected chi connectivity index (χ2v) is 5.88. The molecule has 0 saturated carbocycles. The molecule has 0 bridgehead atoms. The quantitative estimate of drug-likeness (QED) is 0.856. The lowest BCUT2D eigenvalue weighted by Gasteiger charge is -2.21. The summed E-state index contributed by atoms with van der Waals surface area (Å²) in [5.41, 5.74) is -0.383. The zero-order chi connectivity index (χ0) is 17.2. The lowest BCUT2D eigenvalue weighted by atomic mass is 9.99. The number of aromatic nitrogens is 2. The van der Waals surface area contributed by atoms with E-state index >= 15 is 0 Å². The minimum absolute atomic E-state index is 0.0133. The van der Waals surface area contributed by atoms with Crippen molar-refractivity contribution in [1.29, 1.82) is 5.26 Å². The van der Waals surface area contributed by atoms with Gasteiger partial charge >= 0.3 is 6.18 Å². The van der Waals surface area contributed by atoms with Gasteiger partial charge in [-0.05, 0) is 36.5 Å². The van der Waals surface area contributed by atoms with E-state index in [1.165, 1.54) is 18.3 Å². The Bertz CT molecular complexity index is 755. The average molecular weight is 335 g/mol. The minimum Gasteiger partial charge on any atom is -0.381 e. The standard InChI is InChI=1S/C17H16F3N3O/c18-17(19,20)16-7-13(8-21)1-2-15(16)14-9-22-23(11-14)10-12-3-5-24-6-4-12/h1-2,7,9,11-12H,3-6,10H2. The van der Waals surface area contributed by atoms with Gasteiger partial charge in [0.05, 0.1) is 23.4 Å².